The molecule has 0 saturated carbocycles. The van der Waals surface area contributed by atoms with Crippen LogP contribution in [0.15, 0.2) is 389 Å². The maximum absolute atomic E-state index is 6.26. The Morgan fingerprint density at radius 2 is 0.307 bits per heavy atom. The number of para-hydroxylation sites is 8. The molecule has 2 aliphatic heterocycles. The molecule has 1 radical (unpaired) electrons. The summed E-state index contributed by atoms with van der Waals surface area (Å²) in [6, 6.07) is 118. The molecule has 2 aliphatic rings. The number of rotatable bonds is 16. The van der Waals surface area contributed by atoms with E-state index in [-0.39, 0.29) is 62.7 Å². The second-order valence-electron chi connectivity index (χ2n) is 34.5. The van der Waals surface area contributed by atoms with Gasteiger partial charge >= 0.3 is 16.8 Å². The first-order chi connectivity index (χ1) is 67.4. The minimum atomic E-state index is 0. The Balaban J connectivity index is 0.00000927. The van der Waals surface area contributed by atoms with E-state index in [0.29, 0.717) is 89.3 Å². The Labute approximate surface area is 787 Å². The summed E-state index contributed by atoms with van der Waals surface area (Å²) in [5.74, 6) is 1.07. The van der Waals surface area contributed by atoms with E-state index in [0.717, 1.165) is 130 Å². The predicted molar refractivity (Wildman–Crippen MR) is 552 cm³/mol. The molecule has 25 heteroatoms. The van der Waals surface area contributed by atoms with Gasteiger partial charge in [-0.25, -0.2) is 9.97 Å². The molecule has 8 N–H and O–H groups in total. The minimum absolute atomic E-state index is 0. The van der Waals surface area contributed by atoms with Crippen LogP contribution in [0.4, 0.5) is 45.5 Å². The summed E-state index contributed by atoms with van der Waals surface area (Å²) in [6.07, 6.45) is 16.5. The molecule has 0 fully saturated rings. The number of nitrogens with zero attached hydrogens (tertiary/aromatic N) is 16. The maximum atomic E-state index is 6.26. The standard InChI is InChI=1S/C112H72N24.Co/c1-17-41-81-65(25-1)49-57-129(81)121-97-73-33-9-10-34-74(73)98(122-130-58-50-66-26-2-18-42-82(66)130)90-89(97)105-113-106(90)118-108-93-94(102(126-134-62-54-70-30-6-22-46-86(70)134)78-38-14-13-37-77(78)101(93)125-133-61-53-69-29-5-21-45-85(69)133)110(115-108)120-112-96-95(103(127-135-63-55-71-31-7-23-47-87(71)135)79-39-15-16-40-80(79)104(96)128-136-64-56-72-32-8-24-48-88(72)136)111(116-112)119-109-92-91(107(114-109)117-105)99(123-131-59-51-67-27-3-19-43-83(67)131)75-35-11-12-36-76(75)100(92)124-132-60-52-68-28-4-20-44-84(68)132;/h1-64,121-128H;/q-2;+2. The molecule has 13 heterocycles. The van der Waals surface area contributed by atoms with Gasteiger partial charge < -0.3 is 29.9 Å². The van der Waals surface area contributed by atoms with Crippen molar-refractivity contribution in [3.05, 3.63) is 389 Å². The molecular weight excluding hydrogens is 1740 g/mol. The largest absolute Gasteiger partial charge is 2.00 e. The number of aromatic nitrogens is 16. The van der Waals surface area contributed by atoms with Gasteiger partial charge in [-0.2, -0.15) is 0 Å². The molecule has 11 aromatic heterocycles. The third-order valence-corrected chi connectivity index (χ3v) is 27.0. The van der Waals surface area contributed by atoms with Crippen molar-refractivity contribution in [1.29, 1.82) is 0 Å². The van der Waals surface area contributed by atoms with E-state index in [1.54, 1.807) is 0 Å². The summed E-state index contributed by atoms with van der Waals surface area (Å²) >= 11 is 0. The molecule has 0 aliphatic carbocycles. The second-order valence-corrected chi connectivity index (χ2v) is 34.5. The fourth-order valence-corrected chi connectivity index (χ4v) is 20.8. The van der Waals surface area contributed by atoms with Crippen molar-refractivity contribution in [1.82, 2.24) is 77.3 Å². The van der Waals surface area contributed by atoms with Crippen molar-refractivity contribution in [2.24, 2.45) is 0 Å². The van der Waals surface area contributed by atoms with Crippen molar-refractivity contribution < 1.29 is 16.8 Å². The van der Waals surface area contributed by atoms with Crippen LogP contribution in [0.25, 0.3) is 220 Å². The summed E-state index contributed by atoms with van der Waals surface area (Å²) in [6.45, 7) is 0. The molecule has 0 atom stereocenters. The van der Waals surface area contributed by atoms with Crippen LogP contribution in [-0.2, 0) is 16.8 Å². The van der Waals surface area contributed by atoms with Gasteiger partial charge in [0.25, 0.3) is 0 Å². The average Bonchev–Trinajstić information content (AvgIpc) is 1.55. The predicted octanol–water partition coefficient (Wildman–Crippen LogP) is 25.4. The first kappa shape index (κ1) is 77.0. The van der Waals surface area contributed by atoms with Gasteiger partial charge in [-0.3, -0.25) is 80.8 Å². The van der Waals surface area contributed by atoms with Gasteiger partial charge in [-0.05, 0) is 97.1 Å². The first-order valence-electron chi connectivity index (χ1n) is 45.1. The summed E-state index contributed by atoms with van der Waals surface area (Å²) < 4.78 is 16.6. The molecule has 16 aromatic carbocycles. The molecule has 8 bridgehead atoms. The third kappa shape index (κ3) is 11.9. The van der Waals surface area contributed by atoms with Crippen molar-refractivity contribution in [3.8, 4) is 45.6 Å². The van der Waals surface area contributed by atoms with E-state index in [1.165, 1.54) is 0 Å². The van der Waals surface area contributed by atoms with Crippen LogP contribution in [0.2, 0.25) is 0 Å². The summed E-state index contributed by atoms with van der Waals surface area (Å²) in [4.78, 5) is 49.4. The fraction of sp³-hybridized carbons (Fsp3) is 0. The molecule has 0 amide bonds. The minimum Gasteiger partial charge on any atom is -0.357 e. The van der Waals surface area contributed by atoms with Gasteiger partial charge in [0.15, 0.2) is 0 Å². The van der Waals surface area contributed by atoms with Gasteiger partial charge in [0.05, 0.1) is 113 Å². The van der Waals surface area contributed by atoms with Gasteiger partial charge in [0.1, 0.15) is 0 Å². The van der Waals surface area contributed by atoms with Gasteiger partial charge in [-0.15, -0.1) is 0 Å². The average molecular weight is 1810 g/mol. The summed E-state index contributed by atoms with van der Waals surface area (Å²) in [7, 11) is 0. The van der Waals surface area contributed by atoms with E-state index >= 15 is 0 Å². The van der Waals surface area contributed by atoms with E-state index < -0.39 is 0 Å². The molecule has 137 heavy (non-hydrogen) atoms. The second kappa shape index (κ2) is 30.1. The topological polar surface area (TPSA) is 241 Å². The monoisotopic (exact) mass is 1810 g/mol. The van der Waals surface area contributed by atoms with Gasteiger partial charge in [0, 0.05) is 202 Å². The molecule has 0 spiro atoms. The zero-order valence-electron chi connectivity index (χ0n) is 72.4. The van der Waals surface area contributed by atoms with Crippen LogP contribution in [-0.4, -0.2) is 67.3 Å². The Hall–Kier alpha value is -18.9. The Bertz CT molecular complexity index is 8860. The fourth-order valence-electron chi connectivity index (χ4n) is 20.8. The van der Waals surface area contributed by atoms with Crippen LogP contribution in [0, 0.1) is 0 Å². The molecule has 0 saturated heterocycles. The van der Waals surface area contributed by atoms with Crippen molar-refractivity contribution >= 4 is 220 Å². The molecule has 0 unspecified atom stereocenters. The number of benzene rings is 16. The van der Waals surface area contributed by atoms with E-state index in [2.05, 4.69) is 470 Å². The van der Waals surface area contributed by atoms with E-state index in [4.69, 9.17) is 39.9 Å². The summed E-state index contributed by atoms with van der Waals surface area (Å²) in [5, 5.41) is 17.4. The van der Waals surface area contributed by atoms with E-state index in [1.807, 2.05) is 0 Å². The normalized spacial score (nSPS) is 12.0. The summed E-state index contributed by atoms with van der Waals surface area (Å²) in [5.41, 5.74) is 49.0. The molecule has 29 rings (SSSR count). The molecular formula is C112H72CoN24. The quantitative estimate of drug-likeness (QED) is 0.0420. The molecule has 24 nitrogen and oxygen atoms in total. The number of nitrogens with one attached hydrogen (secondary N) is 8. The van der Waals surface area contributed by atoms with Gasteiger partial charge in [0.2, 0.25) is 0 Å². The molecule has 27 aromatic rings. The van der Waals surface area contributed by atoms with E-state index in [9.17, 15) is 0 Å². The Morgan fingerprint density at radius 1 is 0.161 bits per heavy atom. The zero-order chi connectivity index (χ0) is 88.9. The van der Waals surface area contributed by atoms with Crippen LogP contribution in [0.5, 0.6) is 0 Å². The maximum Gasteiger partial charge on any atom is 2.00 e. The first-order valence-corrected chi connectivity index (χ1v) is 45.1. The SMILES string of the molecule is [Co+2].c1ccc2c(c1)ccn2Nc1c2c(c(Nn3ccc4ccccc43)c3ccccc13)-c1nc-2nc2[n-]c(nc3nc(nc4[n-]c(n1)c1c(Nn5ccc6ccccc65)c5ccccc5c(Nn5ccc6ccccc65)c41)-c1c-3c(Nn3ccc4ccccc43)c3ccccc3c1Nn1ccc3ccccc31)c1c(Nn3ccc4ccccc43)c3ccccc3c(Nn3ccc4ccccc43)c21. The number of fused-ring (bicyclic) bond motifs is 32. The number of anilines is 8. The zero-order valence-corrected chi connectivity index (χ0v) is 73.5. The Morgan fingerprint density at radius 3 is 0.482 bits per heavy atom. The smallest absolute Gasteiger partial charge is 0.357 e. The number of hydrogen-bond acceptors (Lipinski definition) is 14. The van der Waals surface area contributed by atoms with Crippen molar-refractivity contribution in [2.75, 3.05) is 43.4 Å². The van der Waals surface area contributed by atoms with Crippen molar-refractivity contribution in [3.63, 3.8) is 0 Å². The third-order valence-electron chi connectivity index (χ3n) is 27.0. The van der Waals surface area contributed by atoms with Gasteiger partial charge in [-0.1, -0.05) is 243 Å². The number of hydrogen-bond donors (Lipinski definition) is 8. The van der Waals surface area contributed by atoms with Crippen LogP contribution >= 0.6 is 0 Å². The van der Waals surface area contributed by atoms with Crippen LogP contribution < -0.4 is 53.4 Å². The Kier molecular flexibility index (Phi) is 16.9. The van der Waals surface area contributed by atoms with Crippen LogP contribution in [0.1, 0.15) is 0 Å². The molecule has 649 valence electrons. The van der Waals surface area contributed by atoms with Crippen molar-refractivity contribution in [2.45, 2.75) is 0 Å². The van der Waals surface area contributed by atoms with Crippen LogP contribution in [0.3, 0.4) is 0 Å².